The molecule has 0 rings (SSSR count). The second-order valence-electron chi connectivity index (χ2n) is 7.82. The molecule has 0 aliphatic heterocycles. The van der Waals surface area contributed by atoms with E-state index < -0.39 is 100 Å². The molecule has 0 saturated carbocycles. The number of rotatable bonds is 22. The fourth-order valence-electron chi connectivity index (χ4n) is 2.88. The molecule has 228 valence electrons. The van der Waals surface area contributed by atoms with E-state index >= 15 is 0 Å². The van der Waals surface area contributed by atoms with Crippen LogP contribution in [0.5, 0.6) is 0 Å². The van der Waals surface area contributed by atoms with Crippen molar-refractivity contribution in [3.63, 3.8) is 0 Å². The van der Waals surface area contributed by atoms with Crippen LogP contribution in [0.4, 0.5) is 0 Å². The number of carboxylic acids is 8. The van der Waals surface area contributed by atoms with Crippen molar-refractivity contribution in [3.05, 3.63) is 0 Å². The van der Waals surface area contributed by atoms with E-state index in [0.717, 1.165) is 19.6 Å². The van der Waals surface area contributed by atoms with Crippen molar-refractivity contribution in [2.45, 2.75) is 0 Å². The van der Waals surface area contributed by atoms with Crippen molar-refractivity contribution in [1.29, 1.82) is 0 Å². The quantitative estimate of drug-likeness (QED) is 0.0911. The topological polar surface area (TPSA) is 334 Å². The monoisotopic (exact) mass is 893 g/mol. The first-order valence-electron chi connectivity index (χ1n) is 10.9. The Labute approximate surface area is 620 Å². The molecule has 51 heavy (non-hydrogen) atoms. The molecule has 20 nitrogen and oxygen atoms in total. The van der Waals surface area contributed by atoms with Gasteiger partial charge in [-0.05, 0) is 0 Å². The van der Waals surface area contributed by atoms with Crippen LogP contribution in [0.2, 0.25) is 0 Å². The molecule has 0 unspecified atom stereocenters. The molecular formula is C20H24K4N4Na7O16+3. The summed E-state index contributed by atoms with van der Waals surface area (Å²) in [6.07, 6.45) is 0. The van der Waals surface area contributed by atoms with E-state index in [0.29, 0.717) is 0 Å². The summed E-state index contributed by atoms with van der Waals surface area (Å²) in [5.74, 6) is -12.2. The Morgan fingerprint density at radius 1 is 0.255 bits per heavy atom. The fourth-order valence-corrected chi connectivity index (χ4v) is 2.88. The Kier molecular flexibility index (Phi) is 114. The first-order valence-corrected chi connectivity index (χ1v) is 10.9. The van der Waals surface area contributed by atoms with Crippen molar-refractivity contribution in [2.75, 3.05) is 78.5 Å². The van der Waals surface area contributed by atoms with E-state index in [-0.39, 0.29) is 439 Å². The maximum Gasteiger partial charge on any atom is 1.00 e. The normalized spacial score (nSPS) is 8.39. The van der Waals surface area contributed by atoms with Crippen LogP contribution >= 0.6 is 0 Å². The molecule has 0 aliphatic rings. The second-order valence-corrected chi connectivity index (χ2v) is 7.82. The molecular weight excluding hydrogens is 870 g/mol. The van der Waals surface area contributed by atoms with Crippen LogP contribution in [-0.2, 0) is 38.4 Å². The summed E-state index contributed by atoms with van der Waals surface area (Å²) in [6.45, 7) is -6.50. The minimum absolute atomic E-state index is 0. The van der Waals surface area contributed by atoms with Crippen molar-refractivity contribution in [3.8, 4) is 0 Å². The van der Waals surface area contributed by atoms with Gasteiger partial charge in [-0.2, -0.15) is 0 Å². The Bertz CT molecular complexity index is 752. The molecule has 0 fully saturated rings. The first kappa shape index (κ1) is 94.7. The zero-order chi connectivity index (χ0) is 31.4. The summed E-state index contributed by atoms with van der Waals surface area (Å²) in [7, 11) is 0. The maximum absolute atomic E-state index is 10.4. The van der Waals surface area contributed by atoms with E-state index in [1.807, 2.05) is 0 Å². The molecule has 0 aromatic heterocycles. The third-order valence-electron chi connectivity index (χ3n) is 4.29. The van der Waals surface area contributed by atoms with Gasteiger partial charge in [0.2, 0.25) is 0 Å². The van der Waals surface area contributed by atoms with Gasteiger partial charge in [0.15, 0.2) is 0 Å². The van der Waals surface area contributed by atoms with E-state index in [9.17, 15) is 79.2 Å². The molecule has 0 spiro atoms. The third-order valence-corrected chi connectivity index (χ3v) is 4.29. The zero-order valence-corrected chi connectivity index (χ0v) is 58.3. The Balaban J connectivity index is -0.0000000423. The zero-order valence-electron chi connectivity index (χ0n) is 31.8. The predicted octanol–water partition coefficient (Wildman–Crippen LogP) is -47.8. The second kappa shape index (κ2) is 61.2. The van der Waals surface area contributed by atoms with Gasteiger partial charge in [0, 0.05) is 78.5 Å². The molecule has 0 heterocycles. The minimum Gasteiger partial charge on any atom is -0.549 e. The Morgan fingerprint density at radius 2 is 0.333 bits per heavy atom. The summed E-state index contributed by atoms with van der Waals surface area (Å²) in [5, 5.41) is 83.2. The van der Waals surface area contributed by atoms with Gasteiger partial charge >= 0.3 is 412 Å². The number of aliphatic carboxylic acids is 8. The van der Waals surface area contributed by atoms with Gasteiger partial charge in [-0.1, -0.05) is 0 Å². The molecule has 0 N–H and O–H groups in total. The van der Waals surface area contributed by atoms with E-state index in [1.165, 1.54) is 0 Å². The van der Waals surface area contributed by atoms with Crippen molar-refractivity contribution in [1.82, 2.24) is 19.6 Å². The first-order chi connectivity index (χ1) is 18.4. The van der Waals surface area contributed by atoms with Gasteiger partial charge in [-0.15, -0.1) is 0 Å². The number of hydrogen-bond acceptors (Lipinski definition) is 20. The van der Waals surface area contributed by atoms with Crippen molar-refractivity contribution < 1.29 is 492 Å². The summed E-state index contributed by atoms with van der Waals surface area (Å²) in [6, 6.07) is 0. The van der Waals surface area contributed by atoms with Crippen LogP contribution < -0.4 is 453 Å². The van der Waals surface area contributed by atoms with Crippen LogP contribution in [0, 0.1) is 0 Å². The SMILES string of the molecule is O=C([O-])CN(CCN(CC(=O)[O-])CC(=O)[O-])CC(=O)[O-].O=C([O-])CN(CCN(CC(=O)[O-])CC(=O)[O-])CC(=O)[O-].[K+].[K+].[K+].[K+].[Na+].[Na+].[Na+].[Na+].[Na+].[Na+].[Na+]. The van der Waals surface area contributed by atoms with Gasteiger partial charge < -0.3 is 79.2 Å². The van der Waals surface area contributed by atoms with Gasteiger partial charge in [-0.25, -0.2) is 0 Å². The average molecular weight is 894 g/mol. The minimum atomic E-state index is -1.53. The van der Waals surface area contributed by atoms with E-state index in [4.69, 9.17) is 0 Å². The molecule has 0 atom stereocenters. The summed E-state index contributed by atoms with van der Waals surface area (Å²) in [4.78, 5) is 86.8. The smallest absolute Gasteiger partial charge is 0.549 e. The van der Waals surface area contributed by atoms with Gasteiger partial charge in [0.05, 0.1) is 47.8 Å². The number of carbonyl (C=O) groups excluding carboxylic acids is 8. The molecule has 31 heteroatoms. The number of carboxylic acid groups (broad SMARTS) is 8. The Morgan fingerprint density at radius 3 is 0.392 bits per heavy atom. The van der Waals surface area contributed by atoms with Gasteiger partial charge in [0.1, 0.15) is 0 Å². The molecule has 0 aromatic rings. The number of carbonyl (C=O) groups is 8. The van der Waals surface area contributed by atoms with Crippen LogP contribution in [0.15, 0.2) is 0 Å². The summed E-state index contributed by atoms with van der Waals surface area (Å²) < 4.78 is 0. The van der Waals surface area contributed by atoms with Gasteiger partial charge in [-0.3, -0.25) is 19.6 Å². The molecule has 0 aliphatic carbocycles. The third kappa shape index (κ3) is 73.8. The molecule has 0 bridgehead atoms. The summed E-state index contributed by atoms with van der Waals surface area (Å²) in [5.41, 5.74) is 0. The van der Waals surface area contributed by atoms with Crippen molar-refractivity contribution in [2.24, 2.45) is 0 Å². The Hall–Kier alpha value is 9.15. The maximum atomic E-state index is 10.4. The number of hydrogen-bond donors (Lipinski definition) is 0. The molecule has 0 saturated heterocycles. The largest absolute Gasteiger partial charge is 1.00 e. The molecule has 0 aromatic carbocycles. The van der Waals surface area contributed by atoms with Crippen LogP contribution in [0.1, 0.15) is 0 Å². The molecule has 0 amide bonds. The summed E-state index contributed by atoms with van der Waals surface area (Å²) >= 11 is 0. The van der Waals surface area contributed by atoms with Crippen molar-refractivity contribution >= 4 is 47.8 Å². The van der Waals surface area contributed by atoms with Crippen LogP contribution in [0.3, 0.4) is 0 Å². The standard InChI is InChI=1S/2C10H16N2O8.4K.7Na/c2*13-7(14)3-11(4-8(15)16)1-2-12(5-9(17)18)6-10(19)20;;;;;;;;;;;/h2*1-6H2,(H,13,14)(H,15,16)(H,17,18)(H,19,20);;;;;;;;;;;/q;;11*+1/p-8. The fraction of sp³-hybridized carbons (Fsp3) is 0.600. The molecule has 0 radical (unpaired) electrons. The predicted molar refractivity (Wildman–Crippen MR) is 106 cm³/mol. The van der Waals surface area contributed by atoms with Crippen LogP contribution in [-0.4, -0.2) is 146 Å². The van der Waals surface area contributed by atoms with E-state index in [1.54, 1.807) is 0 Å². The average Bonchev–Trinajstić information content (AvgIpc) is 2.72. The number of nitrogens with zero attached hydrogens (tertiary/aromatic N) is 4. The van der Waals surface area contributed by atoms with E-state index in [2.05, 4.69) is 0 Å². The van der Waals surface area contributed by atoms with Gasteiger partial charge in [0.25, 0.3) is 0 Å². The van der Waals surface area contributed by atoms with Crippen LogP contribution in [0.25, 0.3) is 0 Å².